The van der Waals surface area contributed by atoms with Crippen LogP contribution in [0.25, 0.3) is 16.7 Å². The summed E-state index contributed by atoms with van der Waals surface area (Å²) in [6, 6.07) is 16.8. The van der Waals surface area contributed by atoms with Gasteiger partial charge in [0.15, 0.2) is 5.43 Å². The van der Waals surface area contributed by atoms with Crippen LogP contribution in [0.2, 0.25) is 0 Å². The summed E-state index contributed by atoms with van der Waals surface area (Å²) in [5.74, 6) is -0.0765. The minimum absolute atomic E-state index is 0.0205. The molecule has 2 aromatic heterocycles. The van der Waals surface area contributed by atoms with Gasteiger partial charge >= 0.3 is 12.1 Å². The number of fused-ring (bicyclic) bond motifs is 1. The van der Waals surface area contributed by atoms with Crippen molar-refractivity contribution in [1.29, 1.82) is 0 Å². The standard InChI is InChI=1S/C35H32F3N3O5/c1-46-33(44)29-26(30(42)25-11-12-27(35(36,37)38)39-31(25)41(29)24-5-3-2-4-6-24)15-19-7-9-21(10-8-19)32(43)40-28-22-13-20-14-23(28)18-34(45,16-20)17-22/h2-12,20,22-23,28,45H,13-18H2,1H3,(H,40,43)/t20?,22-,23+,28?,34?. The van der Waals surface area contributed by atoms with Crippen molar-refractivity contribution in [2.24, 2.45) is 17.8 Å². The number of halogens is 3. The predicted octanol–water partition coefficient (Wildman–Crippen LogP) is 5.45. The second-order valence-electron chi connectivity index (χ2n) is 13.0. The van der Waals surface area contributed by atoms with Crippen LogP contribution < -0.4 is 10.7 Å². The summed E-state index contributed by atoms with van der Waals surface area (Å²) in [5.41, 5.74) is -1.61. The summed E-state index contributed by atoms with van der Waals surface area (Å²) in [7, 11) is 1.13. The van der Waals surface area contributed by atoms with Crippen LogP contribution in [0.1, 0.15) is 69.8 Å². The van der Waals surface area contributed by atoms with E-state index in [0.29, 0.717) is 35.6 Å². The third-order valence-corrected chi connectivity index (χ3v) is 9.93. The summed E-state index contributed by atoms with van der Waals surface area (Å²) < 4.78 is 47.3. The van der Waals surface area contributed by atoms with Gasteiger partial charge in [0.05, 0.1) is 18.1 Å². The van der Waals surface area contributed by atoms with Crippen LogP contribution in [0, 0.1) is 17.8 Å². The molecule has 8 rings (SSSR count). The zero-order valence-corrected chi connectivity index (χ0v) is 25.0. The van der Waals surface area contributed by atoms with Crippen LogP contribution in [-0.4, -0.2) is 45.3 Å². The number of methoxy groups -OCH3 is 1. The molecule has 4 aromatic rings. The Morgan fingerprint density at radius 1 is 1.00 bits per heavy atom. The third kappa shape index (κ3) is 5.26. The highest BCUT2D eigenvalue weighted by atomic mass is 19.4. The van der Waals surface area contributed by atoms with Crippen molar-refractivity contribution in [3.8, 4) is 5.69 Å². The predicted molar refractivity (Wildman–Crippen MR) is 163 cm³/mol. The SMILES string of the molecule is COC(=O)c1c(Cc2ccc(C(=O)NC3[C@@H]4CC5C[C@H]3CC(O)(C5)C4)cc2)c(=O)c2ccc(C(F)(F)F)nc2n1-c1ccccc1. The van der Waals surface area contributed by atoms with Gasteiger partial charge in [0.1, 0.15) is 17.0 Å². The van der Waals surface area contributed by atoms with Gasteiger partial charge in [-0.2, -0.15) is 13.2 Å². The average molecular weight is 632 g/mol. The van der Waals surface area contributed by atoms with E-state index >= 15 is 0 Å². The number of pyridine rings is 2. The molecule has 4 bridgehead atoms. The Balaban J connectivity index is 1.23. The number of nitrogens with one attached hydrogen (secondary N) is 1. The van der Waals surface area contributed by atoms with E-state index in [-0.39, 0.29) is 52.5 Å². The first-order chi connectivity index (χ1) is 21.9. The van der Waals surface area contributed by atoms with E-state index in [1.165, 1.54) is 4.57 Å². The lowest BCUT2D eigenvalue weighted by molar-refractivity contribution is -0.141. The molecule has 2 aromatic carbocycles. The van der Waals surface area contributed by atoms with Crippen LogP contribution in [0.3, 0.4) is 0 Å². The lowest BCUT2D eigenvalue weighted by Crippen LogP contribution is -2.61. The number of esters is 1. The number of hydrogen-bond acceptors (Lipinski definition) is 6. The Hall–Kier alpha value is -4.51. The highest BCUT2D eigenvalue weighted by Crippen LogP contribution is 2.55. The maximum absolute atomic E-state index is 13.8. The monoisotopic (exact) mass is 631 g/mol. The number of nitrogens with zero attached hydrogens (tertiary/aromatic N) is 2. The van der Waals surface area contributed by atoms with Gasteiger partial charge in [0.2, 0.25) is 0 Å². The summed E-state index contributed by atoms with van der Waals surface area (Å²) >= 11 is 0. The second-order valence-corrected chi connectivity index (χ2v) is 13.0. The normalized spacial score (nSPS) is 25.1. The molecule has 2 N–H and O–H groups in total. The maximum Gasteiger partial charge on any atom is 0.433 e. The van der Waals surface area contributed by atoms with Gasteiger partial charge < -0.3 is 15.2 Å². The van der Waals surface area contributed by atoms with Crippen LogP contribution in [-0.2, 0) is 17.3 Å². The quantitative estimate of drug-likeness (QED) is 0.274. The van der Waals surface area contributed by atoms with Crippen LogP contribution in [0.15, 0.2) is 71.5 Å². The van der Waals surface area contributed by atoms with Crippen molar-refractivity contribution in [3.63, 3.8) is 0 Å². The number of rotatable bonds is 6. The Morgan fingerprint density at radius 3 is 2.28 bits per heavy atom. The minimum atomic E-state index is -4.78. The smallest absolute Gasteiger partial charge is 0.433 e. The van der Waals surface area contributed by atoms with Crippen molar-refractivity contribution in [3.05, 3.63) is 105 Å². The van der Waals surface area contributed by atoms with Gasteiger partial charge in [-0.1, -0.05) is 30.3 Å². The fourth-order valence-corrected chi connectivity index (χ4v) is 8.20. The molecule has 0 radical (unpaired) electrons. The van der Waals surface area contributed by atoms with E-state index in [2.05, 4.69) is 10.3 Å². The largest absolute Gasteiger partial charge is 0.464 e. The van der Waals surface area contributed by atoms with Gasteiger partial charge in [-0.15, -0.1) is 0 Å². The van der Waals surface area contributed by atoms with Gasteiger partial charge in [-0.25, -0.2) is 9.78 Å². The molecule has 2 heterocycles. The first-order valence-corrected chi connectivity index (χ1v) is 15.4. The van der Waals surface area contributed by atoms with E-state index in [9.17, 15) is 32.7 Å². The van der Waals surface area contributed by atoms with Crippen molar-refractivity contribution < 1.29 is 32.6 Å². The van der Waals surface area contributed by atoms with Crippen molar-refractivity contribution in [2.45, 2.75) is 56.3 Å². The molecule has 0 aliphatic heterocycles. The number of ether oxygens (including phenoxy) is 1. The molecule has 3 unspecified atom stereocenters. The zero-order valence-electron chi connectivity index (χ0n) is 25.0. The molecule has 46 heavy (non-hydrogen) atoms. The lowest BCUT2D eigenvalue weighted by atomic mass is 9.52. The molecular formula is C35H32F3N3O5. The molecule has 4 saturated carbocycles. The fourth-order valence-electron chi connectivity index (χ4n) is 8.20. The highest BCUT2D eigenvalue weighted by molar-refractivity contribution is 5.95. The molecule has 4 aliphatic carbocycles. The molecule has 238 valence electrons. The number of aromatic nitrogens is 2. The number of alkyl halides is 3. The Kier molecular flexibility index (Phi) is 7.26. The molecule has 4 aliphatic rings. The highest BCUT2D eigenvalue weighted by Gasteiger charge is 2.55. The first-order valence-electron chi connectivity index (χ1n) is 15.4. The first kappa shape index (κ1) is 30.2. The molecule has 0 spiro atoms. The van der Waals surface area contributed by atoms with E-state index in [1.807, 2.05) is 0 Å². The molecule has 8 nitrogen and oxygen atoms in total. The Morgan fingerprint density at radius 2 is 1.67 bits per heavy atom. The zero-order chi connectivity index (χ0) is 32.4. The number of carbonyl (C=O) groups excluding carboxylic acids is 2. The lowest BCUT2D eigenvalue weighted by Gasteiger charge is -2.58. The van der Waals surface area contributed by atoms with Gasteiger partial charge in [0, 0.05) is 29.3 Å². The summed E-state index contributed by atoms with van der Waals surface area (Å²) in [5, 5.41) is 14.0. The van der Waals surface area contributed by atoms with E-state index in [4.69, 9.17) is 4.74 Å². The maximum atomic E-state index is 13.8. The van der Waals surface area contributed by atoms with Crippen molar-refractivity contribution in [2.75, 3.05) is 7.11 Å². The van der Waals surface area contributed by atoms with Gasteiger partial charge in [-0.05, 0) is 91.8 Å². The molecule has 0 saturated heterocycles. The number of hydrogen-bond donors (Lipinski definition) is 2. The minimum Gasteiger partial charge on any atom is -0.464 e. The molecule has 11 heteroatoms. The summed E-state index contributed by atoms with van der Waals surface area (Å²) in [6.07, 6.45) is -0.506. The summed E-state index contributed by atoms with van der Waals surface area (Å²) in [6.45, 7) is 0. The molecular weight excluding hydrogens is 599 g/mol. The number of amides is 1. The van der Waals surface area contributed by atoms with Crippen molar-refractivity contribution >= 4 is 22.9 Å². The average Bonchev–Trinajstić information content (AvgIpc) is 3.02. The fraction of sp³-hybridized carbons (Fsp3) is 0.371. The van der Waals surface area contributed by atoms with E-state index in [1.54, 1.807) is 54.6 Å². The topological polar surface area (TPSA) is 111 Å². The van der Waals surface area contributed by atoms with Gasteiger partial charge in [0.25, 0.3) is 5.91 Å². The number of carbonyl (C=O) groups is 2. The Labute approximate surface area is 262 Å². The van der Waals surface area contributed by atoms with Crippen molar-refractivity contribution in [1.82, 2.24) is 14.9 Å². The van der Waals surface area contributed by atoms with Gasteiger partial charge in [-0.3, -0.25) is 14.2 Å². The van der Waals surface area contributed by atoms with Crippen LogP contribution in [0.5, 0.6) is 0 Å². The molecule has 5 atom stereocenters. The number of aliphatic hydroxyl groups is 1. The van der Waals surface area contributed by atoms with E-state index in [0.717, 1.165) is 38.5 Å². The molecule has 4 fully saturated rings. The van der Waals surface area contributed by atoms with E-state index < -0.39 is 28.9 Å². The summed E-state index contributed by atoms with van der Waals surface area (Å²) in [4.78, 5) is 44.2. The third-order valence-electron chi connectivity index (χ3n) is 9.93. The van der Waals surface area contributed by atoms with Crippen LogP contribution in [0.4, 0.5) is 13.2 Å². The second kappa shape index (κ2) is 11.1. The Bertz CT molecular complexity index is 1890. The number of benzene rings is 2. The van der Waals surface area contributed by atoms with Crippen LogP contribution >= 0.6 is 0 Å². The number of para-hydroxylation sites is 1. The molecule has 1 amide bonds.